The summed E-state index contributed by atoms with van der Waals surface area (Å²) in [6.07, 6.45) is 4.52. The van der Waals surface area contributed by atoms with Crippen molar-refractivity contribution in [3.05, 3.63) is 24.2 Å². The second-order valence-corrected chi connectivity index (χ2v) is 6.66. The number of furan rings is 1. The summed E-state index contributed by atoms with van der Waals surface area (Å²) >= 11 is 0. The Hall–Kier alpha value is -2.82. The van der Waals surface area contributed by atoms with Gasteiger partial charge in [0.05, 0.1) is 24.5 Å². The lowest BCUT2D eigenvalue weighted by Crippen LogP contribution is -2.66. The first-order chi connectivity index (χ1) is 11.6. The Balaban J connectivity index is 2.02. The van der Waals surface area contributed by atoms with Gasteiger partial charge in [-0.3, -0.25) is 10.7 Å². The van der Waals surface area contributed by atoms with Crippen LogP contribution in [0, 0.1) is 56.2 Å². The number of hydrogen-bond acceptors (Lipinski definition) is 7. The molecule has 3 heterocycles. The van der Waals surface area contributed by atoms with Gasteiger partial charge >= 0.3 is 0 Å². The van der Waals surface area contributed by atoms with Gasteiger partial charge in [0.2, 0.25) is 5.90 Å². The van der Waals surface area contributed by atoms with Crippen molar-refractivity contribution >= 4 is 5.90 Å². The molecule has 24 heavy (non-hydrogen) atoms. The highest BCUT2D eigenvalue weighted by Crippen LogP contribution is 2.66. The van der Waals surface area contributed by atoms with E-state index in [0.29, 0.717) is 18.6 Å². The topological polar surface area (TPSA) is 130 Å². The molecule has 2 N–H and O–H groups in total. The van der Waals surface area contributed by atoms with E-state index in [1.165, 1.54) is 6.26 Å². The summed E-state index contributed by atoms with van der Waals surface area (Å²) in [6.45, 7) is 0. The molecule has 0 spiro atoms. The molecular weight excluding hydrogens is 306 g/mol. The summed E-state index contributed by atoms with van der Waals surface area (Å²) in [6, 6.07) is 8.79. The van der Waals surface area contributed by atoms with Crippen LogP contribution in [-0.4, -0.2) is 11.6 Å². The quantitative estimate of drug-likeness (QED) is 0.816. The Kier molecular flexibility index (Phi) is 2.83. The van der Waals surface area contributed by atoms with Crippen molar-refractivity contribution < 1.29 is 9.15 Å². The number of nitriles is 3. The van der Waals surface area contributed by atoms with Gasteiger partial charge in [0.1, 0.15) is 11.8 Å². The van der Waals surface area contributed by atoms with Gasteiger partial charge in [-0.2, -0.15) is 15.8 Å². The first-order valence-electron chi connectivity index (χ1n) is 7.93. The molecule has 0 radical (unpaired) electrons. The summed E-state index contributed by atoms with van der Waals surface area (Å²) < 4.78 is 11.3. The van der Waals surface area contributed by atoms with Crippen LogP contribution in [0.5, 0.6) is 0 Å². The van der Waals surface area contributed by atoms with Crippen LogP contribution in [0.4, 0.5) is 0 Å². The summed E-state index contributed by atoms with van der Waals surface area (Å²) in [4.78, 5) is 0. The minimum absolute atomic E-state index is 0.276. The summed E-state index contributed by atoms with van der Waals surface area (Å²) in [5, 5.41) is 41.7. The molecule has 0 aromatic carbocycles. The molecule has 2 bridgehead atoms. The van der Waals surface area contributed by atoms with Crippen molar-refractivity contribution in [2.45, 2.75) is 37.5 Å². The molecule has 7 heteroatoms. The van der Waals surface area contributed by atoms with Gasteiger partial charge in [0, 0.05) is 12.3 Å². The van der Waals surface area contributed by atoms with Crippen molar-refractivity contribution in [1.29, 1.82) is 21.2 Å². The molecule has 0 amide bonds. The monoisotopic (exact) mass is 321 g/mol. The molecule has 1 saturated carbocycles. The van der Waals surface area contributed by atoms with E-state index in [-0.39, 0.29) is 5.90 Å². The fourth-order valence-corrected chi connectivity index (χ4v) is 4.78. The average Bonchev–Trinajstić information content (AvgIpc) is 3.19. The smallest absolute Gasteiger partial charge is 0.206 e. The lowest BCUT2D eigenvalue weighted by atomic mass is 9.50. The Morgan fingerprint density at radius 2 is 2.00 bits per heavy atom. The SMILES string of the molecule is N#CC1(C#N)[C@H](c2ccco2)N[C@@]23CCCC[C@H]2[C@]1(C#N)C(=N)O3. The van der Waals surface area contributed by atoms with E-state index in [0.717, 1.165) is 12.8 Å². The number of hydrogen-bond donors (Lipinski definition) is 2. The molecule has 1 aliphatic carbocycles. The van der Waals surface area contributed by atoms with Crippen LogP contribution < -0.4 is 5.32 Å². The molecule has 4 rings (SSSR count). The van der Waals surface area contributed by atoms with Gasteiger partial charge in [0.15, 0.2) is 16.6 Å². The van der Waals surface area contributed by atoms with Crippen LogP contribution in [0.1, 0.15) is 37.5 Å². The van der Waals surface area contributed by atoms with Crippen LogP contribution in [0.25, 0.3) is 0 Å². The first-order valence-corrected chi connectivity index (χ1v) is 7.93. The van der Waals surface area contributed by atoms with Crippen molar-refractivity contribution in [3.63, 3.8) is 0 Å². The van der Waals surface area contributed by atoms with Crippen molar-refractivity contribution in [1.82, 2.24) is 5.32 Å². The van der Waals surface area contributed by atoms with Gasteiger partial charge < -0.3 is 9.15 Å². The Labute approximate surface area is 138 Å². The van der Waals surface area contributed by atoms with Gasteiger partial charge in [-0.25, -0.2) is 0 Å². The molecule has 0 unspecified atom stereocenters. The van der Waals surface area contributed by atoms with Gasteiger partial charge in [0.25, 0.3) is 0 Å². The van der Waals surface area contributed by atoms with Crippen LogP contribution in [0.15, 0.2) is 22.8 Å². The number of nitrogens with one attached hydrogen (secondary N) is 2. The van der Waals surface area contributed by atoms with E-state index >= 15 is 0 Å². The largest absolute Gasteiger partial charge is 0.468 e. The minimum atomic E-state index is -1.79. The number of rotatable bonds is 1. The molecule has 3 aliphatic rings. The Morgan fingerprint density at radius 3 is 2.62 bits per heavy atom. The Morgan fingerprint density at radius 1 is 1.21 bits per heavy atom. The van der Waals surface area contributed by atoms with E-state index in [9.17, 15) is 15.8 Å². The molecule has 1 aromatic heterocycles. The maximum Gasteiger partial charge on any atom is 0.206 e. The minimum Gasteiger partial charge on any atom is -0.468 e. The Bertz CT molecular complexity index is 813. The molecule has 4 atom stereocenters. The summed E-state index contributed by atoms with van der Waals surface area (Å²) in [5.74, 6) is -0.275. The summed E-state index contributed by atoms with van der Waals surface area (Å²) in [5.41, 5.74) is -4.28. The highest BCUT2D eigenvalue weighted by Gasteiger charge is 2.79. The van der Waals surface area contributed by atoms with Gasteiger partial charge in [-0.05, 0) is 25.0 Å². The third-order valence-corrected chi connectivity index (χ3v) is 5.82. The lowest BCUT2D eigenvalue weighted by molar-refractivity contribution is -0.0977. The molecule has 3 fully saturated rings. The molecule has 2 saturated heterocycles. The summed E-state index contributed by atoms with van der Waals surface area (Å²) in [7, 11) is 0. The first kappa shape index (κ1) is 14.8. The maximum absolute atomic E-state index is 10.1. The van der Waals surface area contributed by atoms with Crippen LogP contribution in [0.3, 0.4) is 0 Å². The molecule has 2 aliphatic heterocycles. The second kappa shape index (κ2) is 4.60. The second-order valence-electron chi connectivity index (χ2n) is 6.66. The van der Waals surface area contributed by atoms with Crippen molar-refractivity contribution in [3.8, 4) is 18.2 Å². The van der Waals surface area contributed by atoms with Crippen LogP contribution in [0.2, 0.25) is 0 Å². The van der Waals surface area contributed by atoms with E-state index in [4.69, 9.17) is 14.6 Å². The highest BCUT2D eigenvalue weighted by molar-refractivity contribution is 5.89. The van der Waals surface area contributed by atoms with Crippen molar-refractivity contribution in [2.75, 3.05) is 0 Å². The van der Waals surface area contributed by atoms with Crippen LogP contribution in [-0.2, 0) is 4.74 Å². The molecule has 1 aromatic rings. The van der Waals surface area contributed by atoms with E-state index < -0.39 is 28.5 Å². The van der Waals surface area contributed by atoms with Gasteiger partial charge in [-0.15, -0.1) is 0 Å². The normalized spacial score (nSPS) is 39.0. The van der Waals surface area contributed by atoms with Crippen LogP contribution >= 0.6 is 0 Å². The van der Waals surface area contributed by atoms with E-state index in [2.05, 4.69) is 23.5 Å². The zero-order chi connectivity index (χ0) is 17.0. The predicted molar refractivity (Wildman–Crippen MR) is 79.8 cm³/mol. The average molecular weight is 321 g/mol. The fraction of sp³-hybridized carbons (Fsp3) is 0.529. The molecular formula is C17H15N5O2. The fourth-order valence-electron chi connectivity index (χ4n) is 4.78. The molecule has 7 nitrogen and oxygen atoms in total. The third kappa shape index (κ3) is 1.36. The predicted octanol–water partition coefficient (Wildman–Crippen LogP) is 2.36. The number of piperidine rings is 1. The standard InChI is InChI=1S/C17H15N5O2/c18-8-15(9-19)13(11-4-3-7-23-11)22-17-6-2-1-5-12(17)16(15,10-20)14(21)24-17/h3-4,7,12-13,21-22H,1-2,5-6H2/t12-,13-,16+,17+/m0/s1. The van der Waals surface area contributed by atoms with E-state index in [1.54, 1.807) is 12.1 Å². The van der Waals surface area contributed by atoms with E-state index in [1.807, 2.05) is 0 Å². The number of ether oxygens (including phenoxy) is 1. The number of nitrogens with zero attached hydrogens (tertiary/aromatic N) is 3. The lowest BCUT2D eigenvalue weighted by Gasteiger charge is -2.51. The zero-order valence-corrected chi connectivity index (χ0v) is 12.9. The molecule has 120 valence electrons. The zero-order valence-electron chi connectivity index (χ0n) is 12.9. The van der Waals surface area contributed by atoms with Gasteiger partial charge in [-0.1, -0.05) is 6.42 Å². The third-order valence-electron chi connectivity index (χ3n) is 5.82. The van der Waals surface area contributed by atoms with Crippen molar-refractivity contribution in [2.24, 2.45) is 16.7 Å². The maximum atomic E-state index is 10.1. The highest BCUT2D eigenvalue weighted by atomic mass is 16.5.